The summed E-state index contributed by atoms with van der Waals surface area (Å²) in [5.74, 6) is 1.63. The number of pyridine rings is 1. The van der Waals surface area contributed by atoms with E-state index in [9.17, 15) is 0 Å². The van der Waals surface area contributed by atoms with Gasteiger partial charge in [0.2, 0.25) is 0 Å². The van der Waals surface area contributed by atoms with Gasteiger partial charge in [-0.2, -0.15) is 4.98 Å². The van der Waals surface area contributed by atoms with Crippen molar-refractivity contribution in [3.05, 3.63) is 47.2 Å². The molecular weight excluding hydrogens is 306 g/mol. The Morgan fingerprint density at radius 2 is 2.18 bits per heavy atom. The highest BCUT2D eigenvalue weighted by molar-refractivity contribution is 6.35. The third-order valence-electron chi connectivity index (χ3n) is 3.07. The van der Waals surface area contributed by atoms with E-state index in [1.165, 1.54) is 0 Å². The Hall–Kier alpha value is -2.18. The van der Waals surface area contributed by atoms with Crippen molar-refractivity contribution in [2.75, 3.05) is 13.7 Å². The van der Waals surface area contributed by atoms with E-state index in [0.29, 0.717) is 41.0 Å². The van der Waals surface area contributed by atoms with Crippen LogP contribution >= 0.6 is 11.6 Å². The smallest absolute Gasteiger partial charge is 0.264 e. The zero-order valence-electron chi connectivity index (χ0n) is 12.0. The molecule has 3 aromatic rings. The van der Waals surface area contributed by atoms with Crippen molar-refractivity contribution < 1.29 is 14.0 Å². The Bertz CT molecular complexity index is 776. The number of benzene rings is 1. The minimum Gasteiger partial charge on any atom is -0.481 e. The van der Waals surface area contributed by atoms with Gasteiger partial charge in [-0.25, -0.2) is 0 Å². The van der Waals surface area contributed by atoms with Crippen LogP contribution < -0.4 is 4.74 Å². The molecule has 0 unspecified atom stereocenters. The first-order valence-corrected chi connectivity index (χ1v) is 7.12. The lowest BCUT2D eigenvalue weighted by Gasteiger charge is -2.07. The van der Waals surface area contributed by atoms with Gasteiger partial charge in [0.1, 0.15) is 11.3 Å². The highest BCUT2D eigenvalue weighted by atomic mass is 35.5. The average molecular weight is 320 g/mol. The molecule has 2 heterocycles. The number of methoxy groups -OCH3 is 1. The van der Waals surface area contributed by atoms with Crippen molar-refractivity contribution in [1.82, 2.24) is 15.1 Å². The minimum atomic E-state index is 0.174. The van der Waals surface area contributed by atoms with Gasteiger partial charge in [0.15, 0.2) is 12.4 Å². The summed E-state index contributed by atoms with van der Waals surface area (Å²) < 4.78 is 15.8. The molecule has 0 amide bonds. The molecule has 0 aliphatic carbocycles. The molecule has 0 atom stereocenters. The molecule has 1 aromatic carbocycles. The van der Waals surface area contributed by atoms with E-state index >= 15 is 0 Å². The maximum Gasteiger partial charge on any atom is 0.264 e. The fourth-order valence-electron chi connectivity index (χ4n) is 2.01. The second-order valence-corrected chi connectivity index (χ2v) is 4.99. The average Bonchev–Trinajstić information content (AvgIpc) is 3.00. The van der Waals surface area contributed by atoms with Gasteiger partial charge in [0.05, 0.1) is 11.6 Å². The lowest BCUT2D eigenvalue weighted by atomic mass is 10.2. The molecule has 6 nitrogen and oxygen atoms in total. The van der Waals surface area contributed by atoms with Crippen molar-refractivity contribution >= 4 is 22.5 Å². The van der Waals surface area contributed by atoms with E-state index in [1.807, 2.05) is 12.1 Å². The van der Waals surface area contributed by atoms with Crippen molar-refractivity contribution in [2.24, 2.45) is 0 Å². The largest absolute Gasteiger partial charge is 0.481 e. The lowest BCUT2D eigenvalue weighted by Crippen LogP contribution is -1.99. The SMILES string of the molecule is COCCc1noc(COc2ccc(Cl)c3cccnc23)n1. The molecule has 0 bridgehead atoms. The molecule has 0 spiro atoms. The van der Waals surface area contributed by atoms with Crippen molar-refractivity contribution in [3.63, 3.8) is 0 Å². The predicted molar refractivity (Wildman–Crippen MR) is 81.0 cm³/mol. The summed E-state index contributed by atoms with van der Waals surface area (Å²) in [5, 5.41) is 5.33. The van der Waals surface area contributed by atoms with Crippen molar-refractivity contribution in [2.45, 2.75) is 13.0 Å². The zero-order valence-corrected chi connectivity index (χ0v) is 12.7. The highest BCUT2D eigenvalue weighted by Gasteiger charge is 2.10. The minimum absolute atomic E-state index is 0.174. The van der Waals surface area contributed by atoms with E-state index in [-0.39, 0.29) is 6.61 Å². The topological polar surface area (TPSA) is 70.3 Å². The number of rotatable bonds is 6. The van der Waals surface area contributed by atoms with E-state index in [4.69, 9.17) is 25.6 Å². The zero-order chi connectivity index (χ0) is 15.4. The van der Waals surface area contributed by atoms with Gasteiger partial charge in [-0.3, -0.25) is 4.98 Å². The summed E-state index contributed by atoms with van der Waals surface area (Å²) in [6, 6.07) is 7.28. The van der Waals surface area contributed by atoms with E-state index in [2.05, 4.69) is 15.1 Å². The second-order valence-electron chi connectivity index (χ2n) is 4.58. The van der Waals surface area contributed by atoms with Crippen LogP contribution in [0.15, 0.2) is 35.0 Å². The van der Waals surface area contributed by atoms with Crippen molar-refractivity contribution in [3.8, 4) is 5.75 Å². The van der Waals surface area contributed by atoms with E-state index < -0.39 is 0 Å². The number of hydrogen-bond acceptors (Lipinski definition) is 6. The first kappa shape index (κ1) is 14.7. The molecule has 3 rings (SSSR count). The monoisotopic (exact) mass is 319 g/mol. The third-order valence-corrected chi connectivity index (χ3v) is 3.40. The van der Waals surface area contributed by atoms with Gasteiger partial charge in [0.25, 0.3) is 5.89 Å². The molecule has 22 heavy (non-hydrogen) atoms. The number of hydrogen-bond donors (Lipinski definition) is 0. The maximum atomic E-state index is 6.15. The maximum absolute atomic E-state index is 6.15. The molecule has 0 fully saturated rings. The Labute approximate surface area is 132 Å². The molecule has 0 N–H and O–H groups in total. The quantitative estimate of drug-likeness (QED) is 0.695. The number of nitrogens with zero attached hydrogens (tertiary/aromatic N) is 3. The van der Waals surface area contributed by atoms with Gasteiger partial charge >= 0.3 is 0 Å². The number of fused-ring (bicyclic) bond motifs is 1. The molecule has 0 aliphatic rings. The molecule has 2 aromatic heterocycles. The summed E-state index contributed by atoms with van der Waals surface area (Å²) in [6.45, 7) is 0.721. The standard InChI is InChI=1S/C15H14ClN3O3/c1-20-8-6-13-18-14(22-19-13)9-21-12-5-4-11(16)10-3-2-7-17-15(10)12/h2-5,7H,6,8-9H2,1H3. The van der Waals surface area contributed by atoms with Gasteiger partial charge < -0.3 is 14.0 Å². The molecule has 7 heteroatoms. The fourth-order valence-corrected chi connectivity index (χ4v) is 2.23. The van der Waals surface area contributed by atoms with Crippen LogP contribution in [-0.4, -0.2) is 28.8 Å². The Morgan fingerprint density at radius 3 is 3.05 bits per heavy atom. The van der Waals surface area contributed by atoms with Crippen molar-refractivity contribution in [1.29, 1.82) is 0 Å². The first-order chi connectivity index (χ1) is 10.8. The van der Waals surface area contributed by atoms with Crippen LogP contribution in [0, 0.1) is 0 Å². The van der Waals surface area contributed by atoms with Gasteiger partial charge in [-0.05, 0) is 24.3 Å². The van der Waals surface area contributed by atoms with E-state index in [1.54, 1.807) is 25.4 Å². The summed E-state index contributed by atoms with van der Waals surface area (Å²) >= 11 is 6.15. The summed E-state index contributed by atoms with van der Waals surface area (Å²) in [6.07, 6.45) is 2.30. The molecule has 0 saturated heterocycles. The first-order valence-electron chi connectivity index (χ1n) is 6.74. The second kappa shape index (κ2) is 6.72. The molecule has 0 radical (unpaired) electrons. The lowest BCUT2D eigenvalue weighted by molar-refractivity contribution is 0.199. The molecule has 0 saturated carbocycles. The number of ether oxygens (including phenoxy) is 2. The van der Waals surface area contributed by atoms with Crippen LogP contribution in [0.5, 0.6) is 5.75 Å². The van der Waals surface area contributed by atoms with Crippen LogP contribution in [0.2, 0.25) is 5.02 Å². The molecule has 114 valence electrons. The normalized spacial score (nSPS) is 11.0. The fraction of sp³-hybridized carbons (Fsp3) is 0.267. The molecule has 0 aliphatic heterocycles. The number of halogens is 1. The van der Waals surface area contributed by atoms with Gasteiger partial charge in [-0.1, -0.05) is 16.8 Å². The van der Waals surface area contributed by atoms with E-state index in [0.717, 1.165) is 5.39 Å². The third kappa shape index (κ3) is 3.18. The summed E-state index contributed by atoms with van der Waals surface area (Å²) in [5.41, 5.74) is 0.703. The Kier molecular flexibility index (Phi) is 4.50. The van der Waals surface area contributed by atoms with Crippen LogP contribution in [0.25, 0.3) is 10.9 Å². The predicted octanol–water partition coefficient (Wildman–Crippen LogP) is 3.04. The summed E-state index contributed by atoms with van der Waals surface area (Å²) in [7, 11) is 1.63. The van der Waals surface area contributed by atoms with Crippen LogP contribution in [0.1, 0.15) is 11.7 Å². The number of aromatic nitrogens is 3. The Morgan fingerprint density at radius 1 is 1.27 bits per heavy atom. The Balaban J connectivity index is 1.74. The summed E-state index contributed by atoms with van der Waals surface area (Å²) in [4.78, 5) is 8.54. The highest BCUT2D eigenvalue weighted by Crippen LogP contribution is 2.29. The van der Waals surface area contributed by atoms with Gasteiger partial charge in [0, 0.05) is 25.1 Å². The van der Waals surface area contributed by atoms with Crippen LogP contribution in [0.4, 0.5) is 0 Å². The molecular formula is C15H14ClN3O3. The van der Waals surface area contributed by atoms with Crippen LogP contribution in [0.3, 0.4) is 0 Å². The van der Waals surface area contributed by atoms with Gasteiger partial charge in [-0.15, -0.1) is 0 Å². The van der Waals surface area contributed by atoms with Crippen LogP contribution in [-0.2, 0) is 17.8 Å².